The maximum Gasteiger partial charge on any atom is 0.240 e. The Balaban J connectivity index is 1.92. The minimum atomic E-state index is -3.99. The van der Waals surface area contributed by atoms with Crippen molar-refractivity contribution < 1.29 is 21.6 Å². The van der Waals surface area contributed by atoms with Crippen molar-refractivity contribution >= 4 is 42.8 Å². The van der Waals surface area contributed by atoms with Crippen LogP contribution in [-0.2, 0) is 19.9 Å². The van der Waals surface area contributed by atoms with E-state index in [2.05, 4.69) is 4.72 Å². The summed E-state index contributed by atoms with van der Waals surface area (Å²) >= 11 is 7.11. The second-order valence-corrected chi connectivity index (χ2v) is 11.5. The fourth-order valence-corrected chi connectivity index (χ4v) is 7.09. The van der Waals surface area contributed by atoms with Crippen LogP contribution in [0, 0.1) is 0 Å². The number of rotatable bonds is 8. The van der Waals surface area contributed by atoms with Crippen molar-refractivity contribution in [3.05, 3.63) is 76.6 Å². The van der Waals surface area contributed by atoms with Crippen LogP contribution in [0.15, 0.2) is 75.1 Å². The van der Waals surface area contributed by atoms with Crippen molar-refractivity contribution in [2.75, 3.05) is 13.7 Å². The number of methoxy groups -OCH3 is 1. The molecular weight excluding hydrogens is 454 g/mol. The fraction of sp³-hybridized carbons (Fsp3) is 0.158. The van der Waals surface area contributed by atoms with Gasteiger partial charge in [0.15, 0.2) is 9.84 Å². The summed E-state index contributed by atoms with van der Waals surface area (Å²) < 4.78 is 59.3. The van der Waals surface area contributed by atoms with Crippen LogP contribution in [0.25, 0.3) is 0 Å². The maximum absolute atomic E-state index is 13.1. The van der Waals surface area contributed by atoms with Crippen molar-refractivity contribution in [1.82, 2.24) is 4.72 Å². The molecule has 1 heterocycles. The van der Waals surface area contributed by atoms with E-state index >= 15 is 0 Å². The molecule has 0 aliphatic heterocycles. The first-order valence-corrected chi connectivity index (χ1v) is 12.7. The largest absolute Gasteiger partial charge is 0.495 e. The smallest absolute Gasteiger partial charge is 0.240 e. The molecule has 29 heavy (non-hydrogen) atoms. The SMILES string of the molecule is COc1ccc(S(=O)(=O)NC[C@H](c2ccccc2)S(=O)(=O)c2cccs2)cc1Cl. The van der Waals surface area contributed by atoms with Crippen molar-refractivity contribution in [1.29, 1.82) is 0 Å². The molecule has 1 aromatic heterocycles. The highest BCUT2D eigenvalue weighted by molar-refractivity contribution is 7.93. The molecule has 0 aliphatic carbocycles. The van der Waals surface area contributed by atoms with Crippen molar-refractivity contribution in [3.63, 3.8) is 0 Å². The summed E-state index contributed by atoms with van der Waals surface area (Å²) in [5.74, 6) is 0.341. The number of hydrogen-bond acceptors (Lipinski definition) is 6. The van der Waals surface area contributed by atoms with E-state index in [4.69, 9.17) is 16.3 Å². The Kier molecular flexibility index (Phi) is 6.65. The van der Waals surface area contributed by atoms with Gasteiger partial charge in [0.05, 0.1) is 17.0 Å². The molecule has 0 unspecified atom stereocenters. The molecule has 1 N–H and O–H groups in total. The number of ether oxygens (including phenoxy) is 1. The van der Waals surface area contributed by atoms with E-state index in [1.165, 1.54) is 31.4 Å². The number of nitrogens with one attached hydrogen (secondary N) is 1. The molecule has 0 spiro atoms. The molecule has 154 valence electrons. The number of sulfone groups is 1. The third-order valence-corrected chi connectivity index (χ3v) is 9.46. The predicted octanol–water partition coefficient (Wildman–Crippen LogP) is 3.90. The average Bonchev–Trinajstić information content (AvgIpc) is 3.24. The standard InChI is InChI=1S/C19H18ClNO5S3/c1-26-17-10-9-15(12-16(17)20)29(24,25)21-13-18(14-6-3-2-4-7-14)28(22,23)19-8-5-11-27-19/h2-12,18,21H,13H2,1H3/t18-/m1/s1. The Labute approximate surface area is 179 Å². The van der Waals surface area contributed by atoms with Crippen LogP contribution in [-0.4, -0.2) is 30.5 Å². The first kappa shape index (κ1) is 21.8. The lowest BCUT2D eigenvalue weighted by Crippen LogP contribution is -2.31. The minimum absolute atomic E-state index is 0.0800. The molecule has 0 fully saturated rings. The van der Waals surface area contributed by atoms with Gasteiger partial charge in [-0.2, -0.15) is 0 Å². The van der Waals surface area contributed by atoms with Gasteiger partial charge in [0, 0.05) is 6.54 Å². The zero-order chi connectivity index (χ0) is 21.1. The maximum atomic E-state index is 13.1. The van der Waals surface area contributed by atoms with Gasteiger partial charge >= 0.3 is 0 Å². The second kappa shape index (κ2) is 8.85. The monoisotopic (exact) mass is 471 g/mol. The quantitative estimate of drug-likeness (QED) is 0.538. The molecule has 0 saturated heterocycles. The van der Waals surface area contributed by atoms with Gasteiger partial charge < -0.3 is 4.74 Å². The summed E-state index contributed by atoms with van der Waals surface area (Å²) in [6.07, 6.45) is 0. The normalized spacial score (nSPS) is 13.2. The van der Waals surface area contributed by atoms with Gasteiger partial charge in [0.25, 0.3) is 0 Å². The highest BCUT2D eigenvalue weighted by Crippen LogP contribution is 2.32. The Morgan fingerprint density at radius 2 is 1.76 bits per heavy atom. The van der Waals surface area contributed by atoms with E-state index in [0.717, 1.165) is 11.3 Å². The summed E-state index contributed by atoms with van der Waals surface area (Å²) in [5.41, 5.74) is 0.497. The van der Waals surface area contributed by atoms with E-state index in [9.17, 15) is 16.8 Å². The summed E-state index contributed by atoms with van der Waals surface area (Å²) in [6.45, 7) is -0.323. The van der Waals surface area contributed by atoms with Crippen molar-refractivity contribution in [2.45, 2.75) is 14.4 Å². The van der Waals surface area contributed by atoms with Gasteiger partial charge in [-0.05, 0) is 35.2 Å². The number of halogens is 1. The zero-order valence-corrected chi connectivity index (χ0v) is 18.5. The molecule has 0 amide bonds. The zero-order valence-electron chi connectivity index (χ0n) is 15.3. The van der Waals surface area contributed by atoms with Crippen molar-refractivity contribution in [2.24, 2.45) is 0 Å². The summed E-state index contributed by atoms with van der Waals surface area (Å²) in [7, 11) is -6.36. The molecule has 0 aliphatic rings. The Bertz CT molecular complexity index is 1180. The van der Waals surface area contributed by atoms with Crippen LogP contribution in [0.1, 0.15) is 10.8 Å². The van der Waals surface area contributed by atoms with Gasteiger partial charge in [-0.15, -0.1) is 11.3 Å². The molecule has 0 bridgehead atoms. The Hall–Kier alpha value is -1.91. The summed E-state index contributed by atoms with van der Waals surface area (Å²) in [4.78, 5) is -0.0800. The van der Waals surface area contributed by atoms with E-state index in [1.54, 1.807) is 41.8 Å². The summed E-state index contributed by atoms with van der Waals surface area (Å²) in [5, 5.41) is 0.727. The first-order chi connectivity index (χ1) is 13.8. The molecule has 10 heteroatoms. The minimum Gasteiger partial charge on any atom is -0.495 e. The molecule has 2 aromatic carbocycles. The van der Waals surface area contributed by atoms with Gasteiger partial charge in [0.1, 0.15) is 15.2 Å². The molecule has 3 aromatic rings. The Morgan fingerprint density at radius 1 is 1.03 bits per heavy atom. The van der Waals surface area contributed by atoms with Crippen LogP contribution in [0.5, 0.6) is 5.75 Å². The molecule has 0 radical (unpaired) electrons. The molecule has 1 atom stereocenters. The first-order valence-electron chi connectivity index (χ1n) is 8.41. The van der Waals surface area contributed by atoms with E-state index in [1.807, 2.05) is 0 Å². The number of sulfonamides is 1. The predicted molar refractivity (Wildman–Crippen MR) is 114 cm³/mol. The lowest BCUT2D eigenvalue weighted by molar-refractivity contribution is 0.414. The van der Waals surface area contributed by atoms with Crippen LogP contribution >= 0.6 is 22.9 Å². The number of hydrogen-bond donors (Lipinski definition) is 1. The van der Waals surface area contributed by atoms with Gasteiger partial charge in [0.2, 0.25) is 10.0 Å². The number of thiophene rings is 1. The van der Waals surface area contributed by atoms with E-state index in [-0.39, 0.29) is 20.7 Å². The van der Waals surface area contributed by atoms with Crippen LogP contribution < -0.4 is 9.46 Å². The topological polar surface area (TPSA) is 89.5 Å². The van der Waals surface area contributed by atoms with Crippen LogP contribution in [0.4, 0.5) is 0 Å². The lowest BCUT2D eigenvalue weighted by atomic mass is 10.1. The molecular formula is C19H18ClNO5S3. The lowest BCUT2D eigenvalue weighted by Gasteiger charge is -2.18. The van der Waals surface area contributed by atoms with Gasteiger partial charge in [-0.1, -0.05) is 48.0 Å². The average molecular weight is 472 g/mol. The molecule has 0 saturated carbocycles. The molecule has 3 rings (SSSR count). The van der Waals surface area contributed by atoms with Gasteiger partial charge in [-0.25, -0.2) is 21.6 Å². The van der Waals surface area contributed by atoms with Crippen molar-refractivity contribution in [3.8, 4) is 5.75 Å². The Morgan fingerprint density at radius 3 is 2.34 bits per heavy atom. The fourth-order valence-electron chi connectivity index (χ4n) is 2.72. The van der Waals surface area contributed by atoms with Crippen LogP contribution in [0.2, 0.25) is 5.02 Å². The summed E-state index contributed by atoms with van der Waals surface area (Å²) in [6, 6.07) is 15.7. The third kappa shape index (κ3) is 4.81. The van der Waals surface area contributed by atoms with E-state index < -0.39 is 25.1 Å². The van der Waals surface area contributed by atoms with Crippen LogP contribution in [0.3, 0.4) is 0 Å². The second-order valence-electron chi connectivity index (χ2n) is 6.02. The highest BCUT2D eigenvalue weighted by atomic mass is 35.5. The van der Waals surface area contributed by atoms with E-state index in [0.29, 0.717) is 11.3 Å². The highest BCUT2D eigenvalue weighted by Gasteiger charge is 2.31. The number of benzene rings is 2. The third-order valence-electron chi connectivity index (χ3n) is 4.21. The molecule has 6 nitrogen and oxygen atoms in total. The van der Waals surface area contributed by atoms with Gasteiger partial charge in [-0.3, -0.25) is 0 Å².